The van der Waals surface area contributed by atoms with Gasteiger partial charge in [0, 0.05) is 12.2 Å². The molecule has 3 rings (SSSR count). The summed E-state index contributed by atoms with van der Waals surface area (Å²) in [5.74, 6) is -0.497. The average molecular weight is 393 g/mol. The van der Waals surface area contributed by atoms with Crippen molar-refractivity contribution in [2.45, 2.75) is 12.8 Å². The number of amides is 2. The zero-order chi connectivity index (χ0) is 18.7. The second-order valence-electron chi connectivity index (χ2n) is 5.90. The molecule has 0 aliphatic carbocycles. The molecule has 0 saturated heterocycles. The van der Waals surface area contributed by atoms with Gasteiger partial charge in [0.05, 0.1) is 23.7 Å². The summed E-state index contributed by atoms with van der Waals surface area (Å²) in [5.41, 5.74) is 2.16. The molecule has 2 aromatic carbocycles. The molecule has 26 heavy (non-hydrogen) atoms. The second kappa shape index (κ2) is 7.98. The van der Waals surface area contributed by atoms with Gasteiger partial charge in [-0.2, -0.15) is 0 Å². The summed E-state index contributed by atoms with van der Waals surface area (Å²) in [6, 6.07) is 10.9. The van der Waals surface area contributed by atoms with Crippen molar-refractivity contribution in [2.24, 2.45) is 0 Å². The third-order valence-electron chi connectivity index (χ3n) is 4.30. The summed E-state index contributed by atoms with van der Waals surface area (Å²) in [6.07, 6.45) is 1.84. The first-order valence-corrected chi connectivity index (χ1v) is 8.97. The molecule has 7 heteroatoms. The largest absolute Gasteiger partial charge is 0.494 e. The number of ether oxygens (including phenoxy) is 1. The van der Waals surface area contributed by atoms with Gasteiger partial charge in [-0.05, 0) is 36.6 Å². The number of carbonyl (C=O) groups excluding carboxylic acids is 2. The molecule has 1 N–H and O–H groups in total. The van der Waals surface area contributed by atoms with Gasteiger partial charge in [0.1, 0.15) is 5.56 Å². The lowest BCUT2D eigenvalue weighted by Crippen LogP contribution is -2.42. The van der Waals surface area contributed by atoms with Gasteiger partial charge in [-0.1, -0.05) is 41.4 Å². The number of para-hydroxylation sites is 1. The molecule has 2 aromatic rings. The van der Waals surface area contributed by atoms with Crippen LogP contribution in [0.2, 0.25) is 10.0 Å². The molecular formula is C19H18Cl2N2O3. The number of hydrogen-bond donors (Lipinski definition) is 1. The Labute approximate surface area is 161 Å². The predicted molar refractivity (Wildman–Crippen MR) is 102 cm³/mol. The van der Waals surface area contributed by atoms with Crippen molar-refractivity contribution in [2.75, 3.05) is 25.1 Å². The van der Waals surface area contributed by atoms with Crippen LogP contribution in [0.4, 0.5) is 5.69 Å². The molecule has 1 heterocycles. The number of carbonyl (C=O) groups is 2. The highest BCUT2D eigenvalue weighted by atomic mass is 35.5. The molecule has 0 radical (unpaired) electrons. The van der Waals surface area contributed by atoms with E-state index in [1.165, 1.54) is 13.2 Å². The Morgan fingerprint density at radius 2 is 1.88 bits per heavy atom. The van der Waals surface area contributed by atoms with E-state index >= 15 is 0 Å². The number of anilines is 1. The van der Waals surface area contributed by atoms with E-state index in [0.29, 0.717) is 6.54 Å². The minimum atomic E-state index is -0.506. The number of benzene rings is 2. The van der Waals surface area contributed by atoms with E-state index in [1.807, 2.05) is 24.3 Å². The number of nitrogens with zero attached hydrogens (tertiary/aromatic N) is 1. The zero-order valence-corrected chi connectivity index (χ0v) is 15.7. The van der Waals surface area contributed by atoms with Gasteiger partial charge < -0.3 is 15.0 Å². The Balaban J connectivity index is 1.73. The van der Waals surface area contributed by atoms with Crippen molar-refractivity contribution in [3.63, 3.8) is 0 Å². The van der Waals surface area contributed by atoms with Crippen LogP contribution in [0.5, 0.6) is 5.75 Å². The van der Waals surface area contributed by atoms with Crippen molar-refractivity contribution in [3.05, 3.63) is 57.6 Å². The molecule has 136 valence electrons. The van der Waals surface area contributed by atoms with Crippen LogP contribution in [-0.4, -0.2) is 32.0 Å². The van der Waals surface area contributed by atoms with Crippen LogP contribution in [0.1, 0.15) is 22.3 Å². The number of aryl methyl sites for hydroxylation is 1. The number of rotatable bonds is 4. The summed E-state index contributed by atoms with van der Waals surface area (Å²) in [4.78, 5) is 26.9. The van der Waals surface area contributed by atoms with Gasteiger partial charge in [-0.3, -0.25) is 9.59 Å². The molecule has 0 fully saturated rings. The van der Waals surface area contributed by atoms with Crippen LogP contribution in [-0.2, 0) is 11.2 Å². The second-order valence-corrected chi connectivity index (χ2v) is 6.71. The van der Waals surface area contributed by atoms with Crippen LogP contribution in [0.25, 0.3) is 0 Å². The highest BCUT2D eigenvalue weighted by molar-refractivity contribution is 6.37. The maximum Gasteiger partial charge on any atom is 0.257 e. The molecular weight excluding hydrogens is 375 g/mol. The van der Waals surface area contributed by atoms with Crippen molar-refractivity contribution in [1.29, 1.82) is 0 Å². The monoisotopic (exact) mass is 392 g/mol. The smallest absolute Gasteiger partial charge is 0.257 e. The first-order chi connectivity index (χ1) is 12.5. The molecule has 2 amide bonds. The molecule has 0 unspecified atom stereocenters. The number of nitrogens with one attached hydrogen (secondary N) is 1. The van der Waals surface area contributed by atoms with E-state index in [-0.39, 0.29) is 33.8 Å². The predicted octanol–water partition coefficient (Wildman–Crippen LogP) is 3.71. The minimum Gasteiger partial charge on any atom is -0.494 e. The SMILES string of the molecule is COc1c(Cl)ccc(Cl)c1C(=O)NCC(=O)N1CCCc2ccccc21. The molecule has 0 atom stereocenters. The van der Waals surface area contributed by atoms with Crippen LogP contribution in [0, 0.1) is 0 Å². The first kappa shape index (κ1) is 18.5. The maximum atomic E-state index is 12.6. The molecule has 0 spiro atoms. The minimum absolute atomic E-state index is 0.119. The van der Waals surface area contributed by atoms with E-state index in [9.17, 15) is 9.59 Å². The summed E-state index contributed by atoms with van der Waals surface area (Å²) in [7, 11) is 1.41. The van der Waals surface area contributed by atoms with E-state index in [0.717, 1.165) is 24.1 Å². The number of fused-ring (bicyclic) bond motifs is 1. The number of halogens is 2. The average Bonchev–Trinajstić information content (AvgIpc) is 2.66. The lowest BCUT2D eigenvalue weighted by Gasteiger charge is -2.29. The fraction of sp³-hybridized carbons (Fsp3) is 0.263. The quantitative estimate of drug-likeness (QED) is 0.862. The third-order valence-corrected chi connectivity index (χ3v) is 4.91. The summed E-state index contributed by atoms with van der Waals surface area (Å²) in [6.45, 7) is 0.492. The van der Waals surface area contributed by atoms with Gasteiger partial charge in [0.2, 0.25) is 5.91 Å². The fourth-order valence-corrected chi connectivity index (χ4v) is 3.55. The van der Waals surface area contributed by atoms with Gasteiger partial charge in [0.25, 0.3) is 5.91 Å². The summed E-state index contributed by atoms with van der Waals surface area (Å²) in [5, 5.41) is 3.10. The molecule has 0 aromatic heterocycles. The summed E-state index contributed by atoms with van der Waals surface area (Å²) >= 11 is 12.2. The van der Waals surface area contributed by atoms with Gasteiger partial charge >= 0.3 is 0 Å². The van der Waals surface area contributed by atoms with Crippen LogP contribution in [0.15, 0.2) is 36.4 Å². The lowest BCUT2D eigenvalue weighted by atomic mass is 10.0. The van der Waals surface area contributed by atoms with Gasteiger partial charge in [-0.15, -0.1) is 0 Å². The highest BCUT2D eigenvalue weighted by Crippen LogP contribution is 2.33. The van der Waals surface area contributed by atoms with E-state index in [1.54, 1.807) is 11.0 Å². The van der Waals surface area contributed by atoms with Crippen molar-refractivity contribution in [3.8, 4) is 5.75 Å². The third kappa shape index (κ3) is 3.64. The molecule has 5 nitrogen and oxygen atoms in total. The molecule has 1 aliphatic rings. The maximum absolute atomic E-state index is 12.6. The van der Waals surface area contributed by atoms with Crippen molar-refractivity contribution < 1.29 is 14.3 Å². The van der Waals surface area contributed by atoms with Crippen LogP contribution >= 0.6 is 23.2 Å². The number of methoxy groups -OCH3 is 1. The van der Waals surface area contributed by atoms with E-state index in [2.05, 4.69) is 5.32 Å². The highest BCUT2D eigenvalue weighted by Gasteiger charge is 2.24. The van der Waals surface area contributed by atoms with E-state index in [4.69, 9.17) is 27.9 Å². The Morgan fingerprint density at radius 1 is 1.15 bits per heavy atom. The Bertz CT molecular complexity index is 855. The molecule has 0 saturated carbocycles. The van der Waals surface area contributed by atoms with Crippen LogP contribution in [0.3, 0.4) is 0 Å². The van der Waals surface area contributed by atoms with Crippen LogP contribution < -0.4 is 15.0 Å². The zero-order valence-electron chi connectivity index (χ0n) is 14.2. The molecule has 0 bridgehead atoms. The van der Waals surface area contributed by atoms with Gasteiger partial charge in [0.15, 0.2) is 5.75 Å². The topological polar surface area (TPSA) is 58.6 Å². The van der Waals surface area contributed by atoms with Gasteiger partial charge in [-0.25, -0.2) is 0 Å². The Kier molecular flexibility index (Phi) is 5.69. The Hall–Kier alpha value is -2.24. The van der Waals surface area contributed by atoms with Crippen molar-refractivity contribution in [1.82, 2.24) is 5.32 Å². The van der Waals surface area contributed by atoms with E-state index < -0.39 is 5.91 Å². The normalized spacial score (nSPS) is 13.1. The standard InChI is InChI=1S/C19H18Cl2N2O3/c1-26-18-14(21)9-8-13(20)17(18)19(25)22-11-16(24)23-10-4-6-12-5-2-3-7-15(12)23/h2-3,5,7-9H,4,6,10-11H2,1H3,(H,22,25). The Morgan fingerprint density at radius 3 is 2.65 bits per heavy atom. The fourth-order valence-electron chi connectivity index (χ4n) is 3.08. The number of hydrogen-bond acceptors (Lipinski definition) is 3. The summed E-state index contributed by atoms with van der Waals surface area (Å²) < 4.78 is 5.18. The molecule has 1 aliphatic heterocycles. The van der Waals surface area contributed by atoms with Crippen molar-refractivity contribution >= 4 is 40.7 Å². The first-order valence-electron chi connectivity index (χ1n) is 8.21. The lowest BCUT2D eigenvalue weighted by molar-refractivity contribution is -0.117.